The molecule has 0 radical (unpaired) electrons. The first-order chi connectivity index (χ1) is 10.6. The van der Waals surface area contributed by atoms with Crippen LogP contribution in [0.25, 0.3) is 11.4 Å². The lowest BCUT2D eigenvalue weighted by Gasteiger charge is -2.16. The number of aromatic amines is 1. The number of nitrogens with zero attached hydrogens (tertiary/aromatic N) is 2. The SMILES string of the molecule is CC1Cc2ccccc2-[n+]2[nH]n(-c3ccc(Cl)cc3)c(=O)c21.[OH-]. The molecule has 2 aromatic carbocycles. The second kappa shape index (κ2) is 5.68. The van der Waals surface area contributed by atoms with Crippen LogP contribution in [0.2, 0.25) is 5.02 Å². The van der Waals surface area contributed by atoms with E-state index in [1.165, 1.54) is 5.56 Å². The van der Waals surface area contributed by atoms with Crippen molar-refractivity contribution in [3.8, 4) is 11.4 Å². The normalized spacial score (nSPS) is 15.5. The van der Waals surface area contributed by atoms with Crippen LogP contribution in [-0.4, -0.2) is 15.4 Å². The van der Waals surface area contributed by atoms with Gasteiger partial charge in [-0.2, -0.15) is 0 Å². The number of para-hydroxylation sites is 1. The third-order valence-electron chi connectivity index (χ3n) is 4.17. The smallest absolute Gasteiger partial charge is 0.402 e. The monoisotopic (exact) mass is 329 g/mol. The van der Waals surface area contributed by atoms with Gasteiger partial charge < -0.3 is 5.48 Å². The number of halogens is 1. The molecule has 118 valence electrons. The highest BCUT2D eigenvalue weighted by Gasteiger charge is 2.34. The Kier molecular flexibility index (Phi) is 3.83. The number of H-pyrrole nitrogens is 1. The lowest BCUT2D eigenvalue weighted by atomic mass is 9.93. The second-order valence-electron chi connectivity index (χ2n) is 5.67. The molecule has 1 aromatic heterocycles. The van der Waals surface area contributed by atoms with Crippen molar-refractivity contribution in [3.63, 3.8) is 0 Å². The van der Waals surface area contributed by atoms with Gasteiger partial charge in [0.2, 0.25) is 5.69 Å². The van der Waals surface area contributed by atoms with Crippen LogP contribution in [0.4, 0.5) is 0 Å². The Labute approximate surface area is 138 Å². The standard InChI is InChI=1S/C17H14ClN3O.H2O/c1-11-10-12-4-2-3-5-15(12)21-16(11)17(22)20(19-21)14-8-6-13(18)7-9-14;/h2-9,11H,10H2,1H3;1H2. The summed E-state index contributed by atoms with van der Waals surface area (Å²) >= 11 is 5.93. The Morgan fingerprint density at radius 2 is 1.87 bits per heavy atom. The van der Waals surface area contributed by atoms with E-state index in [0.717, 1.165) is 23.5 Å². The predicted octanol–water partition coefficient (Wildman–Crippen LogP) is 2.58. The van der Waals surface area contributed by atoms with Crippen LogP contribution in [-0.2, 0) is 6.42 Å². The minimum absolute atomic E-state index is 0. The highest BCUT2D eigenvalue weighted by molar-refractivity contribution is 6.30. The maximum atomic E-state index is 12.8. The molecule has 0 spiro atoms. The van der Waals surface area contributed by atoms with Gasteiger partial charge in [-0.25, -0.2) is 4.79 Å². The van der Waals surface area contributed by atoms with E-state index >= 15 is 0 Å². The van der Waals surface area contributed by atoms with Gasteiger partial charge in [0.25, 0.3) is 0 Å². The van der Waals surface area contributed by atoms with E-state index in [1.807, 2.05) is 35.0 Å². The molecule has 1 unspecified atom stereocenters. The fourth-order valence-electron chi connectivity index (χ4n) is 3.12. The van der Waals surface area contributed by atoms with E-state index in [-0.39, 0.29) is 17.0 Å². The van der Waals surface area contributed by atoms with E-state index in [2.05, 4.69) is 18.2 Å². The highest BCUT2D eigenvalue weighted by atomic mass is 35.5. The fourth-order valence-corrected chi connectivity index (χ4v) is 3.24. The Morgan fingerprint density at radius 3 is 2.61 bits per heavy atom. The molecule has 1 aliphatic heterocycles. The molecule has 4 rings (SSSR count). The highest BCUT2D eigenvalue weighted by Crippen LogP contribution is 2.24. The van der Waals surface area contributed by atoms with Gasteiger partial charge in [-0.15, -0.1) is 4.68 Å². The minimum atomic E-state index is -0.00988. The quantitative estimate of drug-likeness (QED) is 0.697. The first-order valence-electron chi connectivity index (χ1n) is 7.26. The maximum Gasteiger partial charge on any atom is 0.402 e. The summed E-state index contributed by atoms with van der Waals surface area (Å²) in [7, 11) is 0. The molecule has 0 amide bonds. The number of fused-ring (bicyclic) bond motifs is 3. The summed E-state index contributed by atoms with van der Waals surface area (Å²) in [5.41, 5.74) is 3.84. The third-order valence-corrected chi connectivity index (χ3v) is 4.43. The van der Waals surface area contributed by atoms with Gasteiger partial charge in [0.15, 0.2) is 11.4 Å². The van der Waals surface area contributed by atoms with Crippen LogP contribution in [0.1, 0.15) is 24.1 Å². The second-order valence-corrected chi connectivity index (χ2v) is 6.11. The minimum Gasteiger partial charge on any atom is -0.870 e. The van der Waals surface area contributed by atoms with Crippen LogP contribution in [0.5, 0.6) is 0 Å². The molecule has 0 saturated carbocycles. The predicted molar refractivity (Wildman–Crippen MR) is 87.0 cm³/mol. The lowest BCUT2D eigenvalue weighted by Crippen LogP contribution is -2.44. The summed E-state index contributed by atoms with van der Waals surface area (Å²) in [6, 6.07) is 15.4. The number of benzene rings is 2. The maximum absolute atomic E-state index is 12.8. The molecule has 0 saturated heterocycles. The third kappa shape index (κ3) is 2.38. The molecule has 0 fully saturated rings. The van der Waals surface area contributed by atoms with Gasteiger partial charge >= 0.3 is 5.56 Å². The zero-order valence-electron chi connectivity index (χ0n) is 12.5. The molecule has 1 aliphatic rings. The molecule has 6 heteroatoms. The first kappa shape index (κ1) is 15.5. The fraction of sp³-hybridized carbons (Fsp3) is 0.176. The van der Waals surface area contributed by atoms with Crippen LogP contribution >= 0.6 is 11.6 Å². The van der Waals surface area contributed by atoms with Gasteiger partial charge in [0.1, 0.15) is 0 Å². The average molecular weight is 330 g/mol. The van der Waals surface area contributed by atoms with Gasteiger partial charge in [0, 0.05) is 16.5 Å². The van der Waals surface area contributed by atoms with Crippen molar-refractivity contribution in [1.82, 2.24) is 9.90 Å². The van der Waals surface area contributed by atoms with Crippen LogP contribution < -0.4 is 10.2 Å². The van der Waals surface area contributed by atoms with Crippen molar-refractivity contribution in [2.24, 2.45) is 0 Å². The van der Waals surface area contributed by atoms with Crippen molar-refractivity contribution in [1.29, 1.82) is 0 Å². The molecule has 23 heavy (non-hydrogen) atoms. The van der Waals surface area contributed by atoms with Gasteiger partial charge in [-0.05, 0) is 36.8 Å². The summed E-state index contributed by atoms with van der Waals surface area (Å²) in [5, 5.41) is 3.85. The Bertz CT molecular complexity index is 912. The van der Waals surface area contributed by atoms with E-state index < -0.39 is 0 Å². The van der Waals surface area contributed by atoms with Crippen molar-refractivity contribution in [2.45, 2.75) is 19.3 Å². The molecule has 5 nitrogen and oxygen atoms in total. The molecule has 0 aliphatic carbocycles. The molecule has 3 aromatic rings. The van der Waals surface area contributed by atoms with Crippen molar-refractivity contribution in [3.05, 3.63) is 75.2 Å². The van der Waals surface area contributed by atoms with Crippen molar-refractivity contribution in [2.75, 3.05) is 0 Å². The number of hydrogen-bond acceptors (Lipinski definition) is 2. The number of nitrogens with one attached hydrogen (secondary N) is 1. The van der Waals surface area contributed by atoms with Crippen LogP contribution in [0, 0.1) is 0 Å². The van der Waals surface area contributed by atoms with E-state index in [0.29, 0.717) is 5.02 Å². The van der Waals surface area contributed by atoms with Crippen molar-refractivity contribution < 1.29 is 10.2 Å². The molecular weight excluding hydrogens is 314 g/mol. The Morgan fingerprint density at radius 1 is 1.17 bits per heavy atom. The van der Waals surface area contributed by atoms with Gasteiger partial charge in [-0.3, -0.25) is 0 Å². The summed E-state index contributed by atoms with van der Waals surface area (Å²) in [5.74, 6) is 0.173. The Hall–Kier alpha value is -2.37. The number of hydrogen-bond donors (Lipinski definition) is 1. The van der Waals surface area contributed by atoms with Crippen LogP contribution in [0.15, 0.2) is 53.3 Å². The summed E-state index contributed by atoms with van der Waals surface area (Å²) < 4.78 is 3.48. The Balaban J connectivity index is 0.00000156. The zero-order chi connectivity index (χ0) is 15.3. The van der Waals surface area contributed by atoms with Crippen LogP contribution in [0.3, 0.4) is 0 Å². The van der Waals surface area contributed by atoms with E-state index in [4.69, 9.17) is 11.6 Å². The first-order valence-corrected chi connectivity index (χ1v) is 7.64. The van der Waals surface area contributed by atoms with E-state index in [1.54, 1.807) is 16.8 Å². The molecule has 0 bridgehead atoms. The largest absolute Gasteiger partial charge is 0.870 e. The topological polar surface area (TPSA) is 71.7 Å². The van der Waals surface area contributed by atoms with Gasteiger partial charge in [0.05, 0.1) is 0 Å². The summed E-state index contributed by atoms with van der Waals surface area (Å²) in [6.45, 7) is 2.09. The molecular formula is C17H16ClN3O2. The lowest BCUT2D eigenvalue weighted by molar-refractivity contribution is -0.672. The number of rotatable bonds is 1. The van der Waals surface area contributed by atoms with Crippen molar-refractivity contribution >= 4 is 11.6 Å². The summed E-state index contributed by atoms with van der Waals surface area (Å²) in [4.78, 5) is 12.8. The molecule has 1 atom stereocenters. The van der Waals surface area contributed by atoms with Gasteiger partial charge in [-0.1, -0.05) is 46.6 Å². The van der Waals surface area contributed by atoms with E-state index in [9.17, 15) is 4.79 Å². The molecule has 2 heterocycles. The number of aromatic nitrogens is 3. The average Bonchev–Trinajstić information content (AvgIpc) is 2.87. The zero-order valence-corrected chi connectivity index (χ0v) is 13.3. The summed E-state index contributed by atoms with van der Waals surface area (Å²) in [6.07, 6.45) is 0.879. The molecule has 2 N–H and O–H groups in total.